The number of hydrogen-bond acceptors (Lipinski definition) is 6. The zero-order chi connectivity index (χ0) is 25.1. The van der Waals surface area contributed by atoms with E-state index in [-0.39, 0.29) is 12.5 Å². The van der Waals surface area contributed by atoms with E-state index in [1.807, 2.05) is 48.5 Å². The summed E-state index contributed by atoms with van der Waals surface area (Å²) in [7, 11) is 0. The van der Waals surface area contributed by atoms with E-state index < -0.39 is 36.5 Å². The van der Waals surface area contributed by atoms with Gasteiger partial charge in [0.2, 0.25) is 5.91 Å². The number of ether oxygens (including phenoxy) is 1. The number of carbonyl (C=O) groups excluding carboxylic acids is 2. The van der Waals surface area contributed by atoms with Gasteiger partial charge in [-0.25, -0.2) is 4.79 Å². The first-order valence-electron chi connectivity index (χ1n) is 11.3. The second-order valence-electron chi connectivity index (χ2n) is 8.59. The number of nitrogens with zero attached hydrogens (tertiary/aromatic N) is 1. The third-order valence-corrected chi connectivity index (χ3v) is 6.21. The number of aliphatic carboxylic acids is 1. The molecule has 9 heteroatoms. The van der Waals surface area contributed by atoms with E-state index in [2.05, 4.69) is 15.8 Å². The van der Waals surface area contributed by atoms with Crippen LogP contribution in [0.2, 0.25) is 0 Å². The van der Waals surface area contributed by atoms with Crippen LogP contribution in [0.5, 0.6) is 0 Å². The summed E-state index contributed by atoms with van der Waals surface area (Å²) in [4.78, 5) is 36.8. The van der Waals surface area contributed by atoms with Crippen molar-refractivity contribution in [1.29, 1.82) is 0 Å². The lowest BCUT2D eigenvalue weighted by Crippen LogP contribution is -2.48. The minimum atomic E-state index is -1.31. The summed E-state index contributed by atoms with van der Waals surface area (Å²) in [6.45, 7) is 5.26. The largest absolute Gasteiger partial charge is 0.481 e. The molecule has 0 bridgehead atoms. The van der Waals surface area contributed by atoms with E-state index in [1.54, 1.807) is 20.8 Å². The van der Waals surface area contributed by atoms with Crippen LogP contribution in [0.4, 0.5) is 4.79 Å². The van der Waals surface area contributed by atoms with Gasteiger partial charge in [-0.15, -0.1) is 0 Å². The van der Waals surface area contributed by atoms with Crippen molar-refractivity contribution in [2.75, 3.05) is 6.61 Å². The minimum Gasteiger partial charge on any atom is -0.481 e. The monoisotopic (exact) mass is 477 g/mol. The summed E-state index contributed by atoms with van der Waals surface area (Å²) < 4.78 is 10.6. The van der Waals surface area contributed by atoms with Crippen LogP contribution in [0.25, 0.3) is 11.1 Å². The van der Waals surface area contributed by atoms with Gasteiger partial charge in [-0.3, -0.25) is 9.59 Å². The van der Waals surface area contributed by atoms with Gasteiger partial charge >= 0.3 is 12.1 Å². The molecule has 2 amide bonds. The van der Waals surface area contributed by atoms with Gasteiger partial charge in [0.1, 0.15) is 18.4 Å². The highest BCUT2D eigenvalue weighted by molar-refractivity contribution is 5.89. The number of fused-ring (bicyclic) bond motifs is 3. The summed E-state index contributed by atoms with van der Waals surface area (Å²) in [6, 6.07) is 14.0. The minimum absolute atomic E-state index is 0.0523. The fraction of sp³-hybridized carbons (Fsp3) is 0.308. The van der Waals surface area contributed by atoms with Gasteiger partial charge < -0.3 is 25.0 Å². The fourth-order valence-electron chi connectivity index (χ4n) is 4.66. The molecule has 0 radical (unpaired) electrons. The van der Waals surface area contributed by atoms with Crippen molar-refractivity contribution >= 4 is 18.0 Å². The number of amides is 2. The van der Waals surface area contributed by atoms with Gasteiger partial charge in [0.15, 0.2) is 0 Å². The van der Waals surface area contributed by atoms with E-state index in [4.69, 9.17) is 9.26 Å². The number of alkyl carbamates (subject to hydrolysis) is 1. The number of carboxylic acid groups (broad SMARTS) is 1. The van der Waals surface area contributed by atoms with E-state index in [0.29, 0.717) is 17.0 Å². The number of nitrogens with one attached hydrogen (secondary N) is 2. The van der Waals surface area contributed by atoms with Gasteiger partial charge in [0, 0.05) is 11.5 Å². The van der Waals surface area contributed by atoms with Crippen molar-refractivity contribution in [3.05, 3.63) is 76.7 Å². The summed E-state index contributed by atoms with van der Waals surface area (Å²) in [5, 5.41) is 18.3. The Morgan fingerprint density at radius 1 is 1.03 bits per heavy atom. The SMILES string of the molecule is Cc1noc(C)c1C(C)NC(=O)C(CC(=O)O)NC(=O)OCC1c2ccccc2-c2ccccc21. The molecule has 0 spiro atoms. The van der Waals surface area contributed by atoms with Crippen molar-refractivity contribution in [2.45, 2.75) is 45.2 Å². The van der Waals surface area contributed by atoms with Crippen LogP contribution in [0.1, 0.15) is 53.4 Å². The summed E-state index contributed by atoms with van der Waals surface area (Å²) in [5.74, 6) is -1.48. The number of hydrogen-bond donors (Lipinski definition) is 3. The van der Waals surface area contributed by atoms with Crippen molar-refractivity contribution in [2.24, 2.45) is 0 Å². The van der Waals surface area contributed by atoms with E-state index in [0.717, 1.165) is 22.3 Å². The first kappa shape index (κ1) is 24.0. The molecule has 3 aromatic rings. The van der Waals surface area contributed by atoms with Crippen molar-refractivity contribution in [3.8, 4) is 11.1 Å². The Kier molecular flexibility index (Phi) is 6.86. The number of rotatable bonds is 8. The molecule has 2 aromatic carbocycles. The van der Waals surface area contributed by atoms with Crippen LogP contribution >= 0.6 is 0 Å². The highest BCUT2D eigenvalue weighted by Crippen LogP contribution is 2.44. The molecule has 2 atom stereocenters. The predicted octanol–water partition coefficient (Wildman–Crippen LogP) is 3.85. The first-order valence-corrected chi connectivity index (χ1v) is 11.3. The average Bonchev–Trinajstić information content (AvgIpc) is 3.33. The smallest absolute Gasteiger partial charge is 0.407 e. The first-order chi connectivity index (χ1) is 16.8. The average molecular weight is 478 g/mol. The van der Waals surface area contributed by atoms with Gasteiger partial charge in [0.05, 0.1) is 18.2 Å². The Bertz CT molecular complexity index is 1200. The molecule has 35 heavy (non-hydrogen) atoms. The van der Waals surface area contributed by atoms with Crippen LogP contribution < -0.4 is 10.6 Å². The lowest BCUT2D eigenvalue weighted by molar-refractivity contribution is -0.140. The normalized spacial score (nSPS) is 13.9. The Morgan fingerprint density at radius 3 is 2.17 bits per heavy atom. The van der Waals surface area contributed by atoms with Gasteiger partial charge in [-0.2, -0.15) is 0 Å². The molecular weight excluding hydrogens is 450 g/mol. The van der Waals surface area contributed by atoms with Crippen LogP contribution in [-0.4, -0.2) is 40.9 Å². The van der Waals surface area contributed by atoms with Crippen LogP contribution in [0.15, 0.2) is 53.1 Å². The molecule has 1 aliphatic carbocycles. The molecule has 1 heterocycles. The molecule has 0 saturated carbocycles. The maximum atomic E-state index is 12.8. The second kappa shape index (κ2) is 10.0. The number of aryl methyl sites for hydroxylation is 2. The predicted molar refractivity (Wildman–Crippen MR) is 127 cm³/mol. The standard InChI is InChI=1S/C26H27N3O6/c1-14(24-15(2)29-35-16(24)3)27-25(32)22(12-23(30)31)28-26(33)34-13-21-19-10-6-4-8-17(19)18-9-5-7-11-20(18)21/h4-11,14,21-22H,12-13H2,1-3H3,(H,27,32)(H,28,33)(H,30,31). The van der Waals surface area contributed by atoms with Gasteiger partial charge in [0.25, 0.3) is 0 Å². The number of carboxylic acids is 1. The molecule has 1 aromatic heterocycles. The highest BCUT2D eigenvalue weighted by Gasteiger charge is 2.31. The number of aromatic nitrogens is 1. The highest BCUT2D eigenvalue weighted by atomic mass is 16.5. The van der Waals surface area contributed by atoms with Gasteiger partial charge in [-0.05, 0) is 43.0 Å². The second-order valence-corrected chi connectivity index (χ2v) is 8.59. The van der Waals surface area contributed by atoms with Crippen molar-refractivity contribution in [1.82, 2.24) is 15.8 Å². The topological polar surface area (TPSA) is 131 Å². The number of carbonyl (C=O) groups is 3. The maximum Gasteiger partial charge on any atom is 0.407 e. The lowest BCUT2D eigenvalue weighted by atomic mass is 9.98. The molecular formula is C26H27N3O6. The Balaban J connectivity index is 1.42. The lowest BCUT2D eigenvalue weighted by Gasteiger charge is -2.21. The molecule has 0 aliphatic heterocycles. The Morgan fingerprint density at radius 2 is 1.63 bits per heavy atom. The van der Waals surface area contributed by atoms with E-state index in [9.17, 15) is 19.5 Å². The molecule has 182 valence electrons. The molecule has 4 rings (SSSR count). The molecule has 3 N–H and O–H groups in total. The summed E-state index contributed by atoms with van der Waals surface area (Å²) in [5.41, 5.74) is 5.61. The van der Waals surface area contributed by atoms with Crippen LogP contribution in [0, 0.1) is 13.8 Å². The van der Waals surface area contributed by atoms with Crippen LogP contribution in [0.3, 0.4) is 0 Å². The molecule has 1 aliphatic rings. The third-order valence-electron chi connectivity index (χ3n) is 6.21. The van der Waals surface area contributed by atoms with Crippen LogP contribution in [-0.2, 0) is 14.3 Å². The van der Waals surface area contributed by atoms with Crippen molar-refractivity contribution in [3.63, 3.8) is 0 Å². The van der Waals surface area contributed by atoms with E-state index >= 15 is 0 Å². The molecule has 0 fully saturated rings. The van der Waals surface area contributed by atoms with E-state index in [1.165, 1.54) is 0 Å². The Hall–Kier alpha value is -4.14. The van der Waals surface area contributed by atoms with Crippen molar-refractivity contribution < 1.29 is 28.8 Å². The molecule has 9 nitrogen and oxygen atoms in total. The molecule has 2 unspecified atom stereocenters. The maximum absolute atomic E-state index is 12.8. The Labute approximate surface area is 202 Å². The summed E-state index contributed by atoms with van der Waals surface area (Å²) in [6.07, 6.45) is -1.46. The molecule has 0 saturated heterocycles. The quantitative estimate of drug-likeness (QED) is 0.449. The number of benzene rings is 2. The van der Waals surface area contributed by atoms with Gasteiger partial charge in [-0.1, -0.05) is 53.7 Å². The third kappa shape index (κ3) is 5.03. The fourth-order valence-corrected chi connectivity index (χ4v) is 4.66. The summed E-state index contributed by atoms with van der Waals surface area (Å²) >= 11 is 0. The zero-order valence-electron chi connectivity index (χ0n) is 19.7. The zero-order valence-corrected chi connectivity index (χ0v) is 19.7.